The molecule has 1 aromatic heterocycles. The SMILES string of the molecule is Cc1cc(CO)c2cccc(Cc3cccc(C(=O)NCc4ccc(C(N)=O)cc4)c3)c2n1. The molecule has 0 saturated heterocycles. The zero-order valence-corrected chi connectivity index (χ0v) is 18.3. The van der Waals surface area contributed by atoms with Crippen LogP contribution in [0.4, 0.5) is 0 Å². The number of pyridine rings is 1. The molecule has 0 bridgehead atoms. The maximum atomic E-state index is 12.7. The summed E-state index contributed by atoms with van der Waals surface area (Å²) in [5.41, 5.74) is 11.8. The molecule has 0 aliphatic heterocycles. The number of nitrogens with zero attached hydrogens (tertiary/aromatic N) is 1. The zero-order chi connectivity index (χ0) is 23.4. The third-order valence-corrected chi connectivity index (χ3v) is 5.58. The van der Waals surface area contributed by atoms with Crippen molar-refractivity contribution in [1.29, 1.82) is 0 Å². The monoisotopic (exact) mass is 439 g/mol. The molecule has 2 amide bonds. The maximum absolute atomic E-state index is 12.7. The summed E-state index contributed by atoms with van der Waals surface area (Å²) in [5.74, 6) is -0.656. The number of hydrogen-bond donors (Lipinski definition) is 3. The van der Waals surface area contributed by atoms with Gasteiger partial charge in [-0.3, -0.25) is 14.6 Å². The number of nitrogens with two attached hydrogens (primary N) is 1. The molecule has 1 heterocycles. The van der Waals surface area contributed by atoms with E-state index in [1.54, 1.807) is 30.3 Å². The molecule has 0 fully saturated rings. The van der Waals surface area contributed by atoms with Crippen molar-refractivity contribution < 1.29 is 14.7 Å². The van der Waals surface area contributed by atoms with E-state index in [2.05, 4.69) is 5.32 Å². The van der Waals surface area contributed by atoms with Crippen LogP contribution in [0.25, 0.3) is 10.9 Å². The Bertz CT molecular complexity index is 1330. The predicted molar refractivity (Wildman–Crippen MR) is 128 cm³/mol. The van der Waals surface area contributed by atoms with Crippen molar-refractivity contribution in [2.24, 2.45) is 5.73 Å². The number of hydrogen-bond acceptors (Lipinski definition) is 4. The average molecular weight is 440 g/mol. The fraction of sp³-hybridized carbons (Fsp3) is 0.148. The second-order valence-electron chi connectivity index (χ2n) is 8.02. The molecule has 4 aromatic rings. The number of carbonyl (C=O) groups is 2. The highest BCUT2D eigenvalue weighted by Gasteiger charge is 2.11. The number of amides is 2. The molecule has 0 unspecified atom stereocenters. The smallest absolute Gasteiger partial charge is 0.251 e. The van der Waals surface area contributed by atoms with Crippen molar-refractivity contribution in [1.82, 2.24) is 10.3 Å². The second-order valence-corrected chi connectivity index (χ2v) is 8.02. The molecule has 166 valence electrons. The molecule has 4 N–H and O–H groups in total. The lowest BCUT2D eigenvalue weighted by Crippen LogP contribution is -2.23. The first-order chi connectivity index (χ1) is 15.9. The number of para-hydroxylation sites is 1. The van der Waals surface area contributed by atoms with Crippen LogP contribution < -0.4 is 11.1 Å². The number of rotatable bonds is 7. The molecule has 4 rings (SSSR count). The third kappa shape index (κ3) is 5.07. The van der Waals surface area contributed by atoms with Gasteiger partial charge in [-0.2, -0.15) is 0 Å². The molecule has 0 spiro atoms. The van der Waals surface area contributed by atoms with E-state index < -0.39 is 5.91 Å². The number of nitrogens with one attached hydrogen (secondary N) is 1. The van der Waals surface area contributed by atoms with E-state index in [1.165, 1.54) is 0 Å². The van der Waals surface area contributed by atoms with Crippen LogP contribution in [-0.2, 0) is 19.6 Å². The van der Waals surface area contributed by atoms with Crippen molar-refractivity contribution in [3.63, 3.8) is 0 Å². The highest BCUT2D eigenvalue weighted by Crippen LogP contribution is 2.24. The lowest BCUT2D eigenvalue weighted by atomic mass is 9.98. The van der Waals surface area contributed by atoms with E-state index in [-0.39, 0.29) is 12.5 Å². The van der Waals surface area contributed by atoms with Crippen molar-refractivity contribution in [2.75, 3.05) is 0 Å². The van der Waals surface area contributed by atoms with Gasteiger partial charge in [-0.1, -0.05) is 42.5 Å². The minimum absolute atomic E-state index is 0.0375. The van der Waals surface area contributed by atoms with E-state index in [0.29, 0.717) is 24.1 Å². The zero-order valence-electron chi connectivity index (χ0n) is 18.3. The first kappa shape index (κ1) is 22.2. The van der Waals surface area contributed by atoms with Crippen molar-refractivity contribution >= 4 is 22.7 Å². The largest absolute Gasteiger partial charge is 0.392 e. The molecule has 6 heteroatoms. The van der Waals surface area contributed by atoms with Crippen LogP contribution in [0.3, 0.4) is 0 Å². The molecule has 0 atom stereocenters. The van der Waals surface area contributed by atoms with Crippen LogP contribution in [0, 0.1) is 6.92 Å². The predicted octanol–water partition coefficient (Wildman–Crippen LogP) is 3.66. The lowest BCUT2D eigenvalue weighted by Gasteiger charge is -2.11. The van der Waals surface area contributed by atoms with Crippen LogP contribution in [-0.4, -0.2) is 21.9 Å². The van der Waals surface area contributed by atoms with Gasteiger partial charge in [0, 0.05) is 28.8 Å². The van der Waals surface area contributed by atoms with Crippen molar-refractivity contribution in [3.8, 4) is 0 Å². The van der Waals surface area contributed by atoms with Crippen molar-refractivity contribution in [2.45, 2.75) is 26.5 Å². The quantitative estimate of drug-likeness (QED) is 0.409. The molecular formula is C27H25N3O3. The van der Waals surface area contributed by atoms with Gasteiger partial charge in [0.05, 0.1) is 12.1 Å². The Balaban J connectivity index is 1.51. The number of primary amides is 1. The molecular weight excluding hydrogens is 414 g/mol. The Kier molecular flexibility index (Phi) is 6.47. The highest BCUT2D eigenvalue weighted by atomic mass is 16.3. The van der Waals surface area contributed by atoms with E-state index in [4.69, 9.17) is 10.7 Å². The number of carbonyl (C=O) groups excluding carboxylic acids is 2. The van der Waals surface area contributed by atoms with E-state index >= 15 is 0 Å². The highest BCUT2D eigenvalue weighted by molar-refractivity contribution is 5.94. The Labute approximate surface area is 192 Å². The fourth-order valence-electron chi connectivity index (χ4n) is 3.91. The summed E-state index contributed by atoms with van der Waals surface area (Å²) in [4.78, 5) is 28.6. The number of benzene rings is 3. The summed E-state index contributed by atoms with van der Waals surface area (Å²) in [6.45, 7) is 2.23. The first-order valence-corrected chi connectivity index (χ1v) is 10.7. The van der Waals surface area contributed by atoms with E-state index in [9.17, 15) is 14.7 Å². The van der Waals surface area contributed by atoms with Gasteiger partial charge in [0.25, 0.3) is 5.91 Å². The van der Waals surface area contributed by atoms with Gasteiger partial charge in [0.15, 0.2) is 0 Å². The molecule has 0 aliphatic carbocycles. The van der Waals surface area contributed by atoms with Gasteiger partial charge in [0.1, 0.15) is 0 Å². The lowest BCUT2D eigenvalue weighted by molar-refractivity contribution is 0.0949. The maximum Gasteiger partial charge on any atom is 0.251 e. The molecule has 0 saturated carbocycles. The Morgan fingerprint density at radius 1 is 0.909 bits per heavy atom. The molecule has 6 nitrogen and oxygen atoms in total. The summed E-state index contributed by atoms with van der Waals surface area (Å²) in [7, 11) is 0. The van der Waals surface area contributed by atoms with Crippen LogP contribution in [0.2, 0.25) is 0 Å². The van der Waals surface area contributed by atoms with Gasteiger partial charge in [-0.25, -0.2) is 0 Å². The Morgan fingerprint density at radius 3 is 2.39 bits per heavy atom. The number of aromatic nitrogens is 1. The minimum Gasteiger partial charge on any atom is -0.392 e. The molecule has 3 aromatic carbocycles. The number of aliphatic hydroxyl groups excluding tert-OH is 1. The van der Waals surface area contributed by atoms with Gasteiger partial charge >= 0.3 is 0 Å². The van der Waals surface area contributed by atoms with Crippen LogP contribution in [0.15, 0.2) is 72.8 Å². The van der Waals surface area contributed by atoms with E-state index in [1.807, 2.05) is 49.4 Å². The standard InChI is InChI=1S/C27H25N3O3/c1-17-12-23(16-31)24-7-3-5-21(25(24)30-17)13-19-4-2-6-22(14-19)27(33)29-15-18-8-10-20(11-9-18)26(28)32/h2-12,14,31H,13,15-16H2,1H3,(H2,28,32)(H,29,33). The van der Waals surface area contributed by atoms with Gasteiger partial charge in [-0.05, 0) is 65.9 Å². The summed E-state index contributed by atoms with van der Waals surface area (Å²) in [6.07, 6.45) is 0.619. The molecule has 0 radical (unpaired) electrons. The van der Waals surface area contributed by atoms with Crippen LogP contribution >= 0.6 is 0 Å². The van der Waals surface area contributed by atoms with E-state index in [0.717, 1.165) is 38.9 Å². The number of aliphatic hydroxyl groups is 1. The van der Waals surface area contributed by atoms with Crippen LogP contribution in [0.5, 0.6) is 0 Å². The van der Waals surface area contributed by atoms with Crippen LogP contribution in [0.1, 0.15) is 48.7 Å². The summed E-state index contributed by atoms with van der Waals surface area (Å²) in [5, 5.41) is 13.6. The Hall–Kier alpha value is -4.03. The fourth-order valence-corrected chi connectivity index (χ4v) is 3.91. The summed E-state index contributed by atoms with van der Waals surface area (Å²) in [6, 6.07) is 22.2. The summed E-state index contributed by atoms with van der Waals surface area (Å²) >= 11 is 0. The molecule has 0 aliphatic rings. The number of aryl methyl sites for hydroxylation is 1. The third-order valence-electron chi connectivity index (χ3n) is 5.58. The Morgan fingerprint density at radius 2 is 1.67 bits per heavy atom. The molecule has 33 heavy (non-hydrogen) atoms. The van der Waals surface area contributed by atoms with Gasteiger partial charge in [0.2, 0.25) is 5.91 Å². The normalized spacial score (nSPS) is 10.8. The first-order valence-electron chi connectivity index (χ1n) is 10.7. The van der Waals surface area contributed by atoms with Gasteiger partial charge < -0.3 is 16.2 Å². The second kappa shape index (κ2) is 9.63. The average Bonchev–Trinajstić information content (AvgIpc) is 2.83. The number of fused-ring (bicyclic) bond motifs is 1. The summed E-state index contributed by atoms with van der Waals surface area (Å²) < 4.78 is 0. The minimum atomic E-state index is -0.480. The van der Waals surface area contributed by atoms with Crippen molar-refractivity contribution in [3.05, 3.63) is 112 Å². The van der Waals surface area contributed by atoms with Gasteiger partial charge in [-0.15, -0.1) is 0 Å². The topological polar surface area (TPSA) is 105 Å².